The smallest absolute Gasteiger partial charge is 0.245 e. The van der Waals surface area contributed by atoms with Crippen molar-refractivity contribution in [2.24, 2.45) is 5.73 Å². The summed E-state index contributed by atoms with van der Waals surface area (Å²) in [7, 11) is 0. The summed E-state index contributed by atoms with van der Waals surface area (Å²) in [5, 5.41) is 4.25. The molecule has 0 saturated carbocycles. The van der Waals surface area contributed by atoms with Crippen molar-refractivity contribution in [3.63, 3.8) is 0 Å². The Morgan fingerprint density at radius 3 is 2.95 bits per heavy atom. The lowest BCUT2D eigenvalue weighted by Crippen LogP contribution is -2.15. The fourth-order valence-corrected chi connectivity index (χ4v) is 3.53. The van der Waals surface area contributed by atoms with Crippen LogP contribution in [-0.2, 0) is 11.4 Å². The number of nitrogens with zero attached hydrogens (tertiary/aromatic N) is 2. The van der Waals surface area contributed by atoms with Crippen molar-refractivity contribution in [1.82, 2.24) is 9.36 Å². The number of nitrogens with two attached hydrogens (primary N) is 1. The first-order valence-electron chi connectivity index (χ1n) is 6.31. The highest BCUT2D eigenvalue weighted by Crippen LogP contribution is 2.29. The lowest BCUT2D eigenvalue weighted by molar-refractivity contribution is 0.599. The van der Waals surface area contributed by atoms with Crippen LogP contribution in [0.2, 0.25) is 5.02 Å². The van der Waals surface area contributed by atoms with E-state index in [1.807, 2.05) is 13.0 Å². The Kier molecular flexibility index (Phi) is 6.07. The average molecular weight is 346 g/mol. The maximum absolute atomic E-state index is 12.3. The highest BCUT2D eigenvalue weighted by Gasteiger charge is 2.19. The van der Waals surface area contributed by atoms with Crippen LogP contribution in [0.4, 0.5) is 10.8 Å². The van der Waals surface area contributed by atoms with Gasteiger partial charge in [-0.3, -0.25) is 0 Å². The van der Waals surface area contributed by atoms with E-state index < -0.39 is 11.4 Å². The Bertz CT molecular complexity index is 581. The molecule has 21 heavy (non-hydrogen) atoms. The van der Waals surface area contributed by atoms with Crippen molar-refractivity contribution in [2.75, 3.05) is 23.1 Å². The Balaban J connectivity index is 2.11. The van der Waals surface area contributed by atoms with Gasteiger partial charge in [0.25, 0.3) is 0 Å². The number of aryl methyl sites for hydroxylation is 1. The molecule has 6 nitrogen and oxygen atoms in total. The van der Waals surface area contributed by atoms with Crippen molar-refractivity contribution in [3.05, 3.63) is 29.0 Å². The number of nitrogens with one attached hydrogen (secondary N) is 2. The average Bonchev–Trinajstić information content (AvgIpc) is 2.95. The van der Waals surface area contributed by atoms with E-state index in [0.717, 1.165) is 35.7 Å². The SMILES string of the molecule is Cc1cc(NCCCN)c(Cl)cc1[S+]([O-])Nc1ncns1. The fraction of sp³-hybridized carbons (Fsp3) is 0.333. The molecule has 114 valence electrons. The molecule has 1 aromatic carbocycles. The first kappa shape index (κ1) is 16.3. The molecule has 1 heterocycles. The molecule has 0 amide bonds. The summed E-state index contributed by atoms with van der Waals surface area (Å²) in [5.41, 5.74) is 7.16. The van der Waals surface area contributed by atoms with Gasteiger partial charge in [0.05, 0.1) is 10.7 Å². The third kappa shape index (κ3) is 4.45. The summed E-state index contributed by atoms with van der Waals surface area (Å²) in [6.07, 6.45) is 2.27. The molecule has 4 N–H and O–H groups in total. The number of hydrogen-bond donors (Lipinski definition) is 3. The molecule has 0 fully saturated rings. The van der Waals surface area contributed by atoms with E-state index >= 15 is 0 Å². The van der Waals surface area contributed by atoms with Gasteiger partial charge in [-0.15, -0.1) is 0 Å². The molecular weight excluding hydrogens is 330 g/mol. The zero-order valence-corrected chi connectivity index (χ0v) is 13.8. The van der Waals surface area contributed by atoms with Gasteiger partial charge in [0, 0.05) is 29.7 Å². The molecule has 2 rings (SSSR count). The second kappa shape index (κ2) is 7.81. The van der Waals surface area contributed by atoms with Crippen molar-refractivity contribution < 1.29 is 4.55 Å². The molecule has 0 aliphatic heterocycles. The molecule has 0 radical (unpaired) electrons. The lowest BCUT2D eigenvalue weighted by Gasteiger charge is -2.14. The van der Waals surface area contributed by atoms with Crippen LogP contribution in [-0.4, -0.2) is 27.0 Å². The van der Waals surface area contributed by atoms with Crippen LogP contribution in [0.1, 0.15) is 12.0 Å². The van der Waals surface area contributed by atoms with Gasteiger partial charge in [0.2, 0.25) is 5.13 Å². The predicted molar refractivity (Wildman–Crippen MR) is 88.3 cm³/mol. The summed E-state index contributed by atoms with van der Waals surface area (Å²) in [6.45, 7) is 3.26. The maximum atomic E-state index is 12.3. The second-order valence-corrected chi connectivity index (χ2v) is 6.65. The zero-order valence-electron chi connectivity index (χ0n) is 11.4. The monoisotopic (exact) mass is 345 g/mol. The summed E-state index contributed by atoms with van der Waals surface area (Å²) in [4.78, 5) is 4.57. The van der Waals surface area contributed by atoms with Crippen LogP contribution in [0.15, 0.2) is 23.4 Å². The molecule has 0 spiro atoms. The fourth-order valence-electron chi connectivity index (χ4n) is 1.68. The van der Waals surface area contributed by atoms with Crippen LogP contribution in [0.3, 0.4) is 0 Å². The van der Waals surface area contributed by atoms with Gasteiger partial charge in [0.15, 0.2) is 4.90 Å². The topological polar surface area (TPSA) is 98.9 Å². The number of rotatable bonds is 7. The summed E-state index contributed by atoms with van der Waals surface area (Å²) in [6, 6.07) is 3.58. The molecule has 0 saturated heterocycles. The van der Waals surface area contributed by atoms with Crippen molar-refractivity contribution in [1.29, 1.82) is 0 Å². The van der Waals surface area contributed by atoms with E-state index in [-0.39, 0.29) is 0 Å². The summed E-state index contributed by atoms with van der Waals surface area (Å²) in [5.74, 6) is 0. The summed E-state index contributed by atoms with van der Waals surface area (Å²) >= 11 is 5.95. The van der Waals surface area contributed by atoms with Crippen LogP contribution in [0.25, 0.3) is 0 Å². The Morgan fingerprint density at radius 1 is 1.48 bits per heavy atom. The number of halogens is 1. The molecular formula is C12H16ClN5OS2. The minimum absolute atomic E-state index is 0.508. The van der Waals surface area contributed by atoms with Gasteiger partial charge in [-0.2, -0.15) is 9.10 Å². The largest absolute Gasteiger partial charge is 0.588 e. The van der Waals surface area contributed by atoms with E-state index in [0.29, 0.717) is 21.6 Å². The molecule has 2 aromatic rings. The van der Waals surface area contributed by atoms with Gasteiger partial charge in [-0.25, -0.2) is 4.98 Å². The Labute approximate surface area is 135 Å². The highest BCUT2D eigenvalue weighted by molar-refractivity contribution is 7.93. The van der Waals surface area contributed by atoms with E-state index in [4.69, 9.17) is 17.3 Å². The number of benzene rings is 1. The molecule has 1 atom stereocenters. The minimum Gasteiger partial charge on any atom is -0.588 e. The van der Waals surface area contributed by atoms with Gasteiger partial charge in [-0.1, -0.05) is 11.6 Å². The van der Waals surface area contributed by atoms with E-state index in [1.54, 1.807) is 6.07 Å². The van der Waals surface area contributed by atoms with Crippen LogP contribution < -0.4 is 15.8 Å². The van der Waals surface area contributed by atoms with Gasteiger partial charge >= 0.3 is 0 Å². The zero-order chi connectivity index (χ0) is 15.2. The van der Waals surface area contributed by atoms with Gasteiger partial charge in [0.1, 0.15) is 17.7 Å². The molecule has 0 aliphatic rings. The molecule has 0 aliphatic carbocycles. The molecule has 0 bridgehead atoms. The lowest BCUT2D eigenvalue weighted by atomic mass is 10.2. The molecule has 1 unspecified atom stereocenters. The number of aromatic nitrogens is 2. The van der Waals surface area contributed by atoms with Crippen molar-refractivity contribution >= 4 is 45.3 Å². The number of anilines is 2. The molecule has 1 aromatic heterocycles. The quantitative estimate of drug-likeness (QED) is 0.526. The van der Waals surface area contributed by atoms with E-state index in [9.17, 15) is 4.55 Å². The third-order valence-electron chi connectivity index (χ3n) is 2.70. The van der Waals surface area contributed by atoms with Crippen LogP contribution in [0, 0.1) is 6.92 Å². The standard InChI is InChI=1S/C12H16ClN5OS2/c1-8-5-10(15-4-2-3-14)9(13)6-11(8)21(19)18-12-16-7-17-20-12/h5-7,15H,2-4,14H2,1H3,(H,16,17,18). The van der Waals surface area contributed by atoms with Crippen molar-refractivity contribution in [3.8, 4) is 0 Å². The van der Waals surface area contributed by atoms with E-state index in [1.165, 1.54) is 6.33 Å². The summed E-state index contributed by atoms with van der Waals surface area (Å²) < 4.78 is 19.0. The second-order valence-electron chi connectivity index (χ2n) is 4.28. The Hall–Kier alpha value is -1.06. The third-order valence-corrected chi connectivity index (χ3v) is 4.94. The normalized spacial score (nSPS) is 12.2. The first-order valence-corrected chi connectivity index (χ1v) is 8.61. The number of hydrogen-bond acceptors (Lipinski definition) is 7. The van der Waals surface area contributed by atoms with Crippen LogP contribution in [0.5, 0.6) is 0 Å². The minimum atomic E-state index is -1.42. The molecule has 9 heteroatoms. The van der Waals surface area contributed by atoms with Crippen molar-refractivity contribution in [2.45, 2.75) is 18.2 Å². The van der Waals surface area contributed by atoms with Gasteiger partial charge < -0.3 is 15.6 Å². The van der Waals surface area contributed by atoms with Gasteiger partial charge in [-0.05, 0) is 26.0 Å². The van der Waals surface area contributed by atoms with Crippen LogP contribution >= 0.6 is 23.1 Å². The van der Waals surface area contributed by atoms with E-state index in [2.05, 4.69) is 19.4 Å². The Morgan fingerprint density at radius 2 is 2.29 bits per heavy atom. The predicted octanol–water partition coefficient (Wildman–Crippen LogP) is 2.40. The maximum Gasteiger partial charge on any atom is 0.245 e. The highest BCUT2D eigenvalue weighted by atomic mass is 35.5. The first-order chi connectivity index (χ1) is 10.1.